The molecule has 1 heterocycles. The highest BCUT2D eigenvalue weighted by atomic mass is 32.1. The molecular weight excluding hydrogens is 306 g/mol. The van der Waals surface area contributed by atoms with Crippen molar-refractivity contribution in [2.24, 2.45) is 5.10 Å². The first-order valence-corrected chi connectivity index (χ1v) is 7.15. The quantitative estimate of drug-likeness (QED) is 0.394. The van der Waals surface area contributed by atoms with Crippen LogP contribution in [0.25, 0.3) is 0 Å². The Labute approximate surface area is 131 Å². The number of nitrogens with one attached hydrogen (secondary N) is 1. The molecule has 0 saturated heterocycles. The lowest BCUT2D eigenvalue weighted by molar-refractivity contribution is 0.121. The molecule has 0 saturated carbocycles. The van der Waals surface area contributed by atoms with Crippen LogP contribution in [0.4, 0.5) is 9.93 Å². The van der Waals surface area contributed by atoms with Gasteiger partial charge in [-0.2, -0.15) is 5.10 Å². The van der Waals surface area contributed by atoms with Gasteiger partial charge in [0.05, 0.1) is 26.1 Å². The standard InChI is InChI=1S/C14H15N3O4S/c1-9-8-22-13(16-9)17-15-7-10-6-11(21-14(18)20-3)4-5-12(10)19-2/h4-8H,1-3H3,(H,16,17). The molecule has 0 aliphatic heterocycles. The summed E-state index contributed by atoms with van der Waals surface area (Å²) in [6, 6.07) is 4.89. The number of rotatable bonds is 5. The van der Waals surface area contributed by atoms with Crippen LogP contribution in [-0.4, -0.2) is 31.6 Å². The van der Waals surface area contributed by atoms with Crippen molar-refractivity contribution in [3.05, 3.63) is 34.8 Å². The highest BCUT2D eigenvalue weighted by molar-refractivity contribution is 7.13. The summed E-state index contributed by atoms with van der Waals surface area (Å²) >= 11 is 1.46. The van der Waals surface area contributed by atoms with Crippen LogP contribution in [0.2, 0.25) is 0 Å². The number of thiazole rings is 1. The van der Waals surface area contributed by atoms with Crippen LogP contribution >= 0.6 is 11.3 Å². The van der Waals surface area contributed by atoms with Gasteiger partial charge in [-0.25, -0.2) is 9.78 Å². The molecule has 0 aliphatic rings. The van der Waals surface area contributed by atoms with Crippen LogP contribution in [-0.2, 0) is 4.74 Å². The van der Waals surface area contributed by atoms with Crippen molar-refractivity contribution in [1.82, 2.24) is 4.98 Å². The highest BCUT2D eigenvalue weighted by Crippen LogP contribution is 2.23. The summed E-state index contributed by atoms with van der Waals surface area (Å²) in [4.78, 5) is 15.3. The molecule has 1 aromatic carbocycles. The minimum atomic E-state index is -0.788. The number of hydrazone groups is 1. The molecule has 116 valence electrons. The molecule has 2 aromatic rings. The van der Waals surface area contributed by atoms with Crippen molar-refractivity contribution >= 4 is 28.8 Å². The fourth-order valence-electron chi connectivity index (χ4n) is 1.58. The normalized spacial score (nSPS) is 10.5. The summed E-state index contributed by atoms with van der Waals surface area (Å²) in [5, 5.41) is 6.70. The maximum Gasteiger partial charge on any atom is 0.513 e. The summed E-state index contributed by atoms with van der Waals surface area (Å²) in [6.07, 6.45) is 0.768. The molecular formula is C14H15N3O4S. The third-order valence-electron chi connectivity index (χ3n) is 2.55. The van der Waals surface area contributed by atoms with E-state index in [2.05, 4.69) is 20.2 Å². The average molecular weight is 321 g/mol. The molecule has 8 heteroatoms. The molecule has 0 spiro atoms. The van der Waals surface area contributed by atoms with Crippen molar-refractivity contribution in [2.45, 2.75) is 6.92 Å². The van der Waals surface area contributed by atoms with E-state index in [-0.39, 0.29) is 0 Å². The number of methoxy groups -OCH3 is 2. The van der Waals surface area contributed by atoms with Gasteiger partial charge in [0.25, 0.3) is 0 Å². The number of hydrogen-bond donors (Lipinski definition) is 1. The molecule has 0 aliphatic carbocycles. The van der Waals surface area contributed by atoms with Gasteiger partial charge in [-0.3, -0.25) is 5.43 Å². The van der Waals surface area contributed by atoms with Crippen LogP contribution in [0.5, 0.6) is 11.5 Å². The van der Waals surface area contributed by atoms with E-state index in [1.165, 1.54) is 18.4 Å². The van der Waals surface area contributed by atoms with Gasteiger partial charge in [0.15, 0.2) is 0 Å². The molecule has 7 nitrogen and oxygen atoms in total. The van der Waals surface area contributed by atoms with Gasteiger partial charge < -0.3 is 14.2 Å². The second-order valence-electron chi connectivity index (χ2n) is 4.12. The van der Waals surface area contributed by atoms with Crippen molar-refractivity contribution < 1.29 is 19.0 Å². The Bertz CT molecular complexity index is 684. The van der Waals surface area contributed by atoms with Crippen molar-refractivity contribution in [1.29, 1.82) is 0 Å². The first-order valence-electron chi connectivity index (χ1n) is 6.27. The fraction of sp³-hybridized carbons (Fsp3) is 0.214. The number of nitrogens with zero attached hydrogens (tertiary/aromatic N) is 2. The van der Waals surface area contributed by atoms with Crippen molar-refractivity contribution in [3.8, 4) is 11.5 Å². The maximum atomic E-state index is 11.1. The minimum absolute atomic E-state index is 0.333. The van der Waals surface area contributed by atoms with Gasteiger partial charge in [-0.1, -0.05) is 0 Å². The number of aromatic nitrogens is 1. The lowest BCUT2D eigenvalue weighted by Gasteiger charge is -2.07. The number of ether oxygens (including phenoxy) is 3. The van der Waals surface area contributed by atoms with Crippen LogP contribution in [0.1, 0.15) is 11.3 Å². The summed E-state index contributed by atoms with van der Waals surface area (Å²) in [5.41, 5.74) is 4.39. The number of anilines is 1. The largest absolute Gasteiger partial charge is 0.513 e. The third-order valence-corrected chi connectivity index (χ3v) is 3.42. The molecule has 1 aromatic heterocycles. The second kappa shape index (κ2) is 7.41. The highest BCUT2D eigenvalue weighted by Gasteiger charge is 2.07. The van der Waals surface area contributed by atoms with E-state index < -0.39 is 6.16 Å². The van der Waals surface area contributed by atoms with Gasteiger partial charge >= 0.3 is 6.16 Å². The van der Waals surface area contributed by atoms with Gasteiger partial charge in [0.1, 0.15) is 11.5 Å². The van der Waals surface area contributed by atoms with Crippen LogP contribution < -0.4 is 14.9 Å². The molecule has 0 fully saturated rings. The van der Waals surface area contributed by atoms with Gasteiger partial charge in [-0.05, 0) is 25.1 Å². The zero-order chi connectivity index (χ0) is 15.9. The van der Waals surface area contributed by atoms with E-state index in [1.807, 2.05) is 12.3 Å². The lowest BCUT2D eigenvalue weighted by Crippen LogP contribution is -2.07. The van der Waals surface area contributed by atoms with Crippen molar-refractivity contribution in [3.63, 3.8) is 0 Å². The number of aryl methyl sites for hydroxylation is 1. The SMILES string of the molecule is COC(=O)Oc1ccc(OC)c(C=NNc2nc(C)cs2)c1. The topological polar surface area (TPSA) is 82.0 Å². The molecule has 0 atom stereocenters. The first kappa shape index (κ1) is 15.8. The first-order chi connectivity index (χ1) is 10.6. The Morgan fingerprint density at radius 1 is 1.41 bits per heavy atom. The third kappa shape index (κ3) is 4.19. The van der Waals surface area contributed by atoms with E-state index in [4.69, 9.17) is 9.47 Å². The summed E-state index contributed by atoms with van der Waals surface area (Å²) in [6.45, 7) is 1.90. The lowest BCUT2D eigenvalue weighted by atomic mass is 10.2. The van der Waals surface area contributed by atoms with E-state index in [1.54, 1.807) is 31.5 Å². The predicted molar refractivity (Wildman–Crippen MR) is 84.1 cm³/mol. The Kier molecular flexibility index (Phi) is 5.31. The summed E-state index contributed by atoms with van der Waals surface area (Å²) < 4.78 is 14.6. The van der Waals surface area contributed by atoms with E-state index in [0.29, 0.717) is 22.2 Å². The predicted octanol–water partition coefficient (Wildman–Crippen LogP) is 3.05. The average Bonchev–Trinajstić information content (AvgIpc) is 2.93. The Morgan fingerprint density at radius 3 is 2.86 bits per heavy atom. The number of carbonyl (C=O) groups excluding carboxylic acids is 1. The van der Waals surface area contributed by atoms with E-state index in [0.717, 1.165) is 5.69 Å². The molecule has 2 rings (SSSR count). The van der Waals surface area contributed by atoms with Gasteiger partial charge in [-0.15, -0.1) is 11.3 Å². The summed E-state index contributed by atoms with van der Waals surface area (Å²) in [7, 11) is 2.79. The maximum absolute atomic E-state index is 11.1. The van der Waals surface area contributed by atoms with E-state index in [9.17, 15) is 4.79 Å². The molecule has 0 unspecified atom stereocenters. The summed E-state index contributed by atoms with van der Waals surface area (Å²) in [5.74, 6) is 0.928. The fourth-order valence-corrected chi connectivity index (χ4v) is 2.21. The smallest absolute Gasteiger partial charge is 0.496 e. The number of carbonyl (C=O) groups is 1. The zero-order valence-electron chi connectivity index (χ0n) is 12.3. The Hall–Kier alpha value is -2.61. The monoisotopic (exact) mass is 321 g/mol. The van der Waals surface area contributed by atoms with Gasteiger partial charge in [0.2, 0.25) is 5.13 Å². The van der Waals surface area contributed by atoms with Gasteiger partial charge in [0, 0.05) is 10.9 Å². The van der Waals surface area contributed by atoms with Crippen LogP contribution in [0, 0.1) is 6.92 Å². The molecule has 0 amide bonds. The minimum Gasteiger partial charge on any atom is -0.496 e. The van der Waals surface area contributed by atoms with E-state index >= 15 is 0 Å². The molecule has 22 heavy (non-hydrogen) atoms. The number of benzene rings is 1. The second-order valence-corrected chi connectivity index (χ2v) is 4.98. The molecule has 0 radical (unpaired) electrons. The zero-order valence-corrected chi connectivity index (χ0v) is 13.1. The molecule has 0 bridgehead atoms. The Balaban J connectivity index is 2.13. The van der Waals surface area contributed by atoms with Crippen LogP contribution in [0.15, 0.2) is 28.7 Å². The Morgan fingerprint density at radius 2 is 2.23 bits per heavy atom. The van der Waals surface area contributed by atoms with Crippen LogP contribution in [0.3, 0.4) is 0 Å². The van der Waals surface area contributed by atoms with Crippen molar-refractivity contribution in [2.75, 3.05) is 19.6 Å². The molecule has 1 N–H and O–H groups in total. The number of hydrogen-bond acceptors (Lipinski definition) is 8.